The zero-order chi connectivity index (χ0) is 19.5. The Labute approximate surface area is 164 Å². The Hall–Kier alpha value is -3.00. The molecule has 2 amide bonds. The minimum Gasteiger partial charge on any atom is -0.330 e. The molecule has 2 aliphatic heterocycles. The van der Waals surface area contributed by atoms with Crippen molar-refractivity contribution in [1.29, 1.82) is 0 Å². The second-order valence-electron chi connectivity index (χ2n) is 7.34. The third-order valence-electron chi connectivity index (χ3n) is 5.33. The average molecular weight is 381 g/mol. The van der Waals surface area contributed by atoms with Gasteiger partial charge in [-0.1, -0.05) is 12.1 Å². The van der Waals surface area contributed by atoms with E-state index in [4.69, 9.17) is 0 Å². The Morgan fingerprint density at radius 1 is 1.18 bits per heavy atom. The van der Waals surface area contributed by atoms with Crippen molar-refractivity contribution >= 4 is 29.1 Å². The maximum atomic E-state index is 13.2. The van der Waals surface area contributed by atoms with E-state index in [0.29, 0.717) is 18.7 Å². The van der Waals surface area contributed by atoms with Crippen molar-refractivity contribution < 1.29 is 14.5 Å². The van der Waals surface area contributed by atoms with Gasteiger partial charge in [-0.05, 0) is 25.1 Å². The lowest BCUT2D eigenvalue weighted by Crippen LogP contribution is -3.16. The van der Waals surface area contributed by atoms with Crippen molar-refractivity contribution in [2.45, 2.75) is 19.4 Å². The van der Waals surface area contributed by atoms with Crippen molar-refractivity contribution in [2.24, 2.45) is 0 Å². The van der Waals surface area contributed by atoms with Crippen molar-refractivity contribution in [2.75, 3.05) is 47.8 Å². The van der Waals surface area contributed by atoms with E-state index in [-0.39, 0.29) is 17.9 Å². The first kappa shape index (κ1) is 18.4. The summed E-state index contributed by atoms with van der Waals surface area (Å²) in [4.78, 5) is 39.1. The lowest BCUT2D eigenvalue weighted by Gasteiger charge is -2.34. The fraction of sp³-hybridized carbons (Fsp3) is 0.400. The standard InChI is InChI=1S/C20H24N6O2/c1-15-13-18(27)23-16-5-2-3-6-17(16)26(15)19(28)14-24-9-11-25(12-10-24)20-21-7-4-8-22-20/h2-8,15H,9-14H2,1H3,(H,23,27)/p+1/t15-/m1/s1. The Morgan fingerprint density at radius 2 is 1.89 bits per heavy atom. The van der Waals surface area contributed by atoms with Gasteiger partial charge in [-0.25, -0.2) is 9.97 Å². The molecule has 0 saturated carbocycles. The number of quaternary nitrogens is 1. The average Bonchev–Trinajstić information content (AvgIpc) is 2.83. The van der Waals surface area contributed by atoms with Crippen molar-refractivity contribution in [3.8, 4) is 0 Å². The molecule has 2 aliphatic rings. The first-order valence-electron chi connectivity index (χ1n) is 9.68. The quantitative estimate of drug-likeness (QED) is 0.779. The van der Waals surface area contributed by atoms with E-state index in [9.17, 15) is 9.59 Å². The highest BCUT2D eigenvalue weighted by molar-refractivity contribution is 6.04. The van der Waals surface area contributed by atoms with Crippen molar-refractivity contribution in [1.82, 2.24) is 9.97 Å². The van der Waals surface area contributed by atoms with Crippen LogP contribution < -0.4 is 20.0 Å². The number of benzene rings is 1. The number of amides is 2. The fourth-order valence-electron chi connectivity index (χ4n) is 3.92. The number of nitrogens with one attached hydrogen (secondary N) is 2. The van der Waals surface area contributed by atoms with Gasteiger partial charge < -0.3 is 20.0 Å². The van der Waals surface area contributed by atoms with Gasteiger partial charge in [0.15, 0.2) is 6.54 Å². The van der Waals surface area contributed by atoms with Crippen LogP contribution in [-0.2, 0) is 9.59 Å². The van der Waals surface area contributed by atoms with Crippen LogP contribution in [0.5, 0.6) is 0 Å². The summed E-state index contributed by atoms with van der Waals surface area (Å²) in [6, 6.07) is 9.15. The SMILES string of the molecule is C[C@@H]1CC(=O)Nc2ccccc2N1C(=O)C[NH+]1CCN(c2ncccn2)CC1. The summed E-state index contributed by atoms with van der Waals surface area (Å²) < 4.78 is 0. The minimum absolute atomic E-state index is 0.0517. The molecule has 0 bridgehead atoms. The number of hydrogen-bond acceptors (Lipinski definition) is 5. The molecule has 0 aliphatic carbocycles. The van der Waals surface area contributed by atoms with Crippen LogP contribution in [0.25, 0.3) is 0 Å². The maximum Gasteiger partial charge on any atom is 0.282 e. The largest absolute Gasteiger partial charge is 0.330 e. The number of piperazine rings is 1. The molecule has 1 atom stereocenters. The van der Waals surface area contributed by atoms with Gasteiger partial charge in [-0.15, -0.1) is 0 Å². The van der Waals surface area contributed by atoms with E-state index >= 15 is 0 Å². The second kappa shape index (κ2) is 7.93. The summed E-state index contributed by atoms with van der Waals surface area (Å²) in [5.74, 6) is 0.738. The van der Waals surface area contributed by atoms with E-state index in [0.717, 1.165) is 37.8 Å². The smallest absolute Gasteiger partial charge is 0.282 e. The fourth-order valence-corrected chi connectivity index (χ4v) is 3.92. The monoisotopic (exact) mass is 381 g/mol. The zero-order valence-corrected chi connectivity index (χ0v) is 16.0. The van der Waals surface area contributed by atoms with Gasteiger partial charge in [-0.2, -0.15) is 0 Å². The van der Waals surface area contributed by atoms with Gasteiger partial charge in [-0.3, -0.25) is 9.59 Å². The van der Waals surface area contributed by atoms with Gasteiger partial charge in [0.1, 0.15) is 0 Å². The van der Waals surface area contributed by atoms with Crippen LogP contribution in [0, 0.1) is 0 Å². The molecule has 1 saturated heterocycles. The first-order valence-corrected chi connectivity index (χ1v) is 9.68. The van der Waals surface area contributed by atoms with Crippen molar-refractivity contribution in [3.05, 3.63) is 42.7 Å². The topological polar surface area (TPSA) is 82.9 Å². The number of fused-ring (bicyclic) bond motifs is 1. The number of hydrogen-bond donors (Lipinski definition) is 2. The number of nitrogens with zero attached hydrogens (tertiary/aromatic N) is 4. The molecule has 2 aromatic rings. The molecule has 2 N–H and O–H groups in total. The van der Waals surface area contributed by atoms with E-state index in [1.54, 1.807) is 17.3 Å². The molecule has 8 heteroatoms. The third kappa shape index (κ3) is 3.82. The van der Waals surface area contributed by atoms with Gasteiger partial charge >= 0.3 is 0 Å². The number of anilines is 3. The molecular formula is C20H25N6O2+. The van der Waals surface area contributed by atoms with Crippen LogP contribution in [-0.4, -0.2) is 60.5 Å². The molecule has 1 aromatic heterocycles. The summed E-state index contributed by atoms with van der Waals surface area (Å²) in [6.45, 7) is 5.68. The molecule has 3 heterocycles. The lowest BCUT2D eigenvalue weighted by molar-refractivity contribution is -0.892. The number of para-hydroxylation sites is 2. The molecule has 8 nitrogen and oxygen atoms in total. The number of carbonyl (C=O) groups is 2. The Morgan fingerprint density at radius 3 is 2.64 bits per heavy atom. The molecule has 0 spiro atoms. The van der Waals surface area contributed by atoms with Gasteiger partial charge in [0.2, 0.25) is 11.9 Å². The third-order valence-corrected chi connectivity index (χ3v) is 5.33. The highest BCUT2D eigenvalue weighted by atomic mass is 16.2. The number of rotatable bonds is 3. The van der Waals surface area contributed by atoms with Crippen LogP contribution in [0.3, 0.4) is 0 Å². The molecule has 0 radical (unpaired) electrons. The molecule has 28 heavy (non-hydrogen) atoms. The first-order chi connectivity index (χ1) is 13.6. The van der Waals surface area contributed by atoms with Gasteiger partial charge in [0.05, 0.1) is 37.6 Å². The summed E-state index contributed by atoms with van der Waals surface area (Å²) >= 11 is 0. The predicted molar refractivity (Wildman–Crippen MR) is 106 cm³/mol. The Bertz CT molecular complexity index is 851. The molecule has 4 rings (SSSR count). The van der Waals surface area contributed by atoms with Crippen LogP contribution >= 0.6 is 0 Å². The Balaban J connectivity index is 1.43. The molecule has 146 valence electrons. The number of carbonyl (C=O) groups excluding carboxylic acids is 2. The molecular weight excluding hydrogens is 356 g/mol. The van der Waals surface area contributed by atoms with Crippen LogP contribution in [0.2, 0.25) is 0 Å². The second-order valence-corrected chi connectivity index (χ2v) is 7.34. The van der Waals surface area contributed by atoms with E-state index in [1.165, 1.54) is 4.90 Å². The molecule has 1 aromatic carbocycles. The van der Waals surface area contributed by atoms with E-state index in [1.807, 2.05) is 37.3 Å². The number of aromatic nitrogens is 2. The normalized spacial score (nSPS) is 20.3. The van der Waals surface area contributed by atoms with Crippen LogP contribution in [0.15, 0.2) is 42.7 Å². The molecule has 1 fully saturated rings. The summed E-state index contributed by atoms with van der Waals surface area (Å²) in [7, 11) is 0. The van der Waals surface area contributed by atoms with Gasteiger partial charge in [0.25, 0.3) is 5.91 Å². The van der Waals surface area contributed by atoms with Crippen LogP contribution in [0.4, 0.5) is 17.3 Å². The predicted octanol–water partition coefficient (Wildman–Crippen LogP) is -0.0546. The highest BCUT2D eigenvalue weighted by Gasteiger charge is 2.32. The summed E-state index contributed by atoms with van der Waals surface area (Å²) in [5.41, 5.74) is 1.48. The summed E-state index contributed by atoms with van der Waals surface area (Å²) in [6.07, 6.45) is 3.80. The maximum absolute atomic E-state index is 13.2. The summed E-state index contributed by atoms with van der Waals surface area (Å²) in [5, 5.41) is 2.91. The Kier molecular flexibility index (Phi) is 5.21. The minimum atomic E-state index is -0.172. The zero-order valence-electron chi connectivity index (χ0n) is 16.0. The van der Waals surface area contributed by atoms with Gasteiger partial charge in [0, 0.05) is 24.9 Å². The highest BCUT2D eigenvalue weighted by Crippen LogP contribution is 2.31. The lowest BCUT2D eigenvalue weighted by atomic mass is 10.1. The van der Waals surface area contributed by atoms with E-state index < -0.39 is 0 Å². The van der Waals surface area contributed by atoms with Crippen LogP contribution in [0.1, 0.15) is 13.3 Å². The molecule has 0 unspecified atom stereocenters. The van der Waals surface area contributed by atoms with Crippen molar-refractivity contribution in [3.63, 3.8) is 0 Å². The van der Waals surface area contributed by atoms with E-state index in [2.05, 4.69) is 20.2 Å².